The Hall–Kier alpha value is -1.87. The monoisotopic (exact) mass is 432 g/mol. The first-order valence-corrected chi connectivity index (χ1v) is 9.90. The van der Waals surface area contributed by atoms with Crippen molar-refractivity contribution in [2.24, 2.45) is 0 Å². The third-order valence-corrected chi connectivity index (χ3v) is 6.21. The molecule has 0 unspecified atom stereocenters. The number of anilines is 1. The molecule has 0 fully saturated rings. The van der Waals surface area contributed by atoms with E-state index in [1.165, 1.54) is 26.2 Å². The molecule has 4 nitrogen and oxygen atoms in total. The van der Waals surface area contributed by atoms with Crippen molar-refractivity contribution in [2.45, 2.75) is 31.5 Å². The van der Waals surface area contributed by atoms with Crippen LogP contribution in [-0.2, 0) is 22.2 Å². The fraction of sp³-hybridized carbons (Fsp3) is 0.400. The van der Waals surface area contributed by atoms with Gasteiger partial charge in [0.05, 0.1) is 16.4 Å². The van der Waals surface area contributed by atoms with Gasteiger partial charge in [0.25, 0.3) is 0 Å². The van der Waals surface area contributed by atoms with E-state index in [-0.39, 0.29) is 11.1 Å². The molecule has 1 rings (SSSR count). The van der Waals surface area contributed by atoms with Crippen LogP contribution in [-0.4, -0.2) is 19.9 Å². The van der Waals surface area contributed by atoms with Gasteiger partial charge in [0.2, 0.25) is 0 Å². The number of nitrogens with zero attached hydrogens (tertiary/aromatic N) is 1. The van der Waals surface area contributed by atoms with Gasteiger partial charge >= 0.3 is 12.4 Å². The molecule has 1 N–H and O–H groups in total. The van der Waals surface area contributed by atoms with Crippen LogP contribution in [0.5, 0.6) is 0 Å². The summed E-state index contributed by atoms with van der Waals surface area (Å²) in [5, 5.41) is 9.98. The Bertz CT molecular complexity index is 849. The first-order valence-electron chi connectivity index (χ1n) is 7.13. The molecule has 0 aliphatic rings. The molecule has 12 heteroatoms. The van der Waals surface area contributed by atoms with Crippen molar-refractivity contribution in [3.05, 3.63) is 39.3 Å². The molecule has 150 valence electrons. The molecule has 27 heavy (non-hydrogen) atoms. The average molecular weight is 432 g/mol. The topological polar surface area (TPSA) is 70.0 Å². The fourth-order valence-electron chi connectivity index (χ4n) is 1.84. The lowest BCUT2D eigenvalue weighted by Gasteiger charge is -2.17. The summed E-state index contributed by atoms with van der Waals surface area (Å²) >= 11 is 0.673. The molecule has 0 aliphatic carbocycles. The highest BCUT2D eigenvalue weighted by Crippen LogP contribution is 2.38. The number of nitrogens with one attached hydrogen (secondary N) is 1. The number of rotatable bonds is 5. The Morgan fingerprint density at radius 3 is 1.81 bits per heavy atom. The van der Waals surface area contributed by atoms with Crippen LogP contribution in [0.3, 0.4) is 0 Å². The number of alkyl halides is 6. The molecule has 0 spiro atoms. The van der Waals surface area contributed by atoms with Crippen molar-refractivity contribution in [1.82, 2.24) is 0 Å². The lowest BCUT2D eigenvalue weighted by atomic mass is 10.1. The van der Waals surface area contributed by atoms with Gasteiger partial charge < -0.3 is 5.32 Å². The molecular formula is C15H14F6N2O2S2. The predicted octanol–water partition coefficient (Wildman–Crippen LogP) is 5.01. The molecule has 0 bridgehead atoms. The molecule has 1 aromatic rings. The minimum absolute atomic E-state index is 0.0519. The quantitative estimate of drug-likeness (QED) is 0.523. The zero-order valence-corrected chi connectivity index (χ0v) is 15.8. The summed E-state index contributed by atoms with van der Waals surface area (Å²) in [4.78, 5) is -0.768. The normalized spacial score (nSPS) is 14.0. The third-order valence-electron chi connectivity index (χ3n) is 3.26. The molecule has 0 saturated carbocycles. The fourth-order valence-corrected chi connectivity index (χ4v) is 3.80. The van der Waals surface area contributed by atoms with Crippen molar-refractivity contribution >= 4 is 27.3 Å². The molecule has 1 aromatic carbocycles. The number of halogens is 6. The highest BCUT2D eigenvalue weighted by Gasteiger charge is 2.37. The number of allylic oxidation sites excluding steroid dienone is 1. The minimum Gasteiger partial charge on any atom is -0.349 e. The van der Waals surface area contributed by atoms with Gasteiger partial charge in [-0.1, -0.05) is 0 Å². The van der Waals surface area contributed by atoms with Gasteiger partial charge in [-0.15, -0.1) is 11.8 Å². The van der Waals surface area contributed by atoms with Crippen molar-refractivity contribution in [3.8, 4) is 6.07 Å². The van der Waals surface area contributed by atoms with Gasteiger partial charge in [-0.25, -0.2) is 8.42 Å². The Morgan fingerprint density at radius 2 is 1.52 bits per heavy atom. The molecule has 0 saturated heterocycles. The van der Waals surface area contributed by atoms with Gasteiger partial charge in [0, 0.05) is 5.69 Å². The molecule has 0 atom stereocenters. The largest absolute Gasteiger partial charge is 0.416 e. The summed E-state index contributed by atoms with van der Waals surface area (Å²) in [6.07, 6.45) is -8.78. The number of thioether (sulfide) groups is 1. The van der Waals surface area contributed by atoms with Crippen LogP contribution in [0.1, 0.15) is 25.0 Å². The smallest absolute Gasteiger partial charge is 0.349 e. The van der Waals surface area contributed by atoms with E-state index in [2.05, 4.69) is 5.32 Å². The first kappa shape index (κ1) is 23.2. The maximum atomic E-state index is 12.9. The van der Waals surface area contributed by atoms with Crippen LogP contribution in [0.25, 0.3) is 0 Å². The van der Waals surface area contributed by atoms with Gasteiger partial charge in [-0.2, -0.15) is 31.6 Å². The molecule has 0 radical (unpaired) electrons. The number of benzene rings is 1. The Morgan fingerprint density at radius 1 is 1.07 bits per heavy atom. The number of hydrogen-bond acceptors (Lipinski definition) is 5. The Kier molecular flexibility index (Phi) is 6.88. The van der Waals surface area contributed by atoms with Crippen LogP contribution in [0.4, 0.5) is 32.0 Å². The van der Waals surface area contributed by atoms with E-state index in [0.29, 0.717) is 23.9 Å². The highest BCUT2D eigenvalue weighted by atomic mass is 32.2. The highest BCUT2D eigenvalue weighted by molar-refractivity contribution is 8.04. The van der Waals surface area contributed by atoms with Crippen LogP contribution in [0.2, 0.25) is 0 Å². The second kappa shape index (κ2) is 8.02. The Labute approximate surface area is 156 Å². The molecule has 0 aliphatic heterocycles. The van der Waals surface area contributed by atoms with E-state index < -0.39 is 49.2 Å². The lowest BCUT2D eigenvalue weighted by molar-refractivity contribution is -0.143. The van der Waals surface area contributed by atoms with Crippen LogP contribution < -0.4 is 5.32 Å². The summed E-state index contributed by atoms with van der Waals surface area (Å²) in [6, 6.07) is 2.21. The Balaban J connectivity index is 3.62. The van der Waals surface area contributed by atoms with Gasteiger partial charge in [-0.05, 0) is 38.3 Å². The van der Waals surface area contributed by atoms with E-state index in [4.69, 9.17) is 5.26 Å². The molecule has 0 heterocycles. The van der Waals surface area contributed by atoms with E-state index in [9.17, 15) is 34.8 Å². The van der Waals surface area contributed by atoms with Crippen molar-refractivity contribution in [2.75, 3.05) is 11.6 Å². The first-order chi connectivity index (χ1) is 12.1. The standard InChI is InChI=1S/C15H14F6N2O2S2/c1-8(2)27(24,25)12(7-22)13(26-3)23-11-5-9(14(16,17)18)4-10(6-11)15(19,20)21/h4-6,8,23H,1-3H3/b13-12+. The van der Waals surface area contributed by atoms with Crippen molar-refractivity contribution in [3.63, 3.8) is 0 Å². The second-order valence-corrected chi connectivity index (χ2v) is 8.75. The minimum atomic E-state index is -5.05. The summed E-state index contributed by atoms with van der Waals surface area (Å²) < 4.78 is 102. The van der Waals surface area contributed by atoms with Gasteiger partial charge in [0.1, 0.15) is 11.1 Å². The molecule has 0 aromatic heterocycles. The second-order valence-electron chi connectivity index (χ2n) is 5.49. The lowest BCUT2D eigenvalue weighted by Crippen LogP contribution is -2.18. The number of nitriles is 1. The van der Waals surface area contributed by atoms with Crippen molar-refractivity contribution in [1.29, 1.82) is 5.26 Å². The number of hydrogen-bond donors (Lipinski definition) is 1. The van der Waals surface area contributed by atoms with Crippen LogP contribution >= 0.6 is 11.8 Å². The van der Waals surface area contributed by atoms with E-state index in [1.807, 2.05) is 0 Å². The summed E-state index contributed by atoms with van der Waals surface area (Å²) in [6.45, 7) is 2.58. The zero-order chi connectivity index (χ0) is 21.2. The molecular weight excluding hydrogens is 418 g/mol. The SMILES string of the molecule is CS/C(Nc1cc(C(F)(F)F)cc(C(F)(F)F)c1)=C(\C#N)S(=O)(=O)C(C)C. The van der Waals surface area contributed by atoms with Crippen LogP contribution in [0, 0.1) is 11.3 Å². The van der Waals surface area contributed by atoms with Gasteiger partial charge in [-0.3, -0.25) is 0 Å². The summed E-state index contributed by atoms with van der Waals surface area (Å²) in [7, 11) is -4.11. The maximum absolute atomic E-state index is 12.9. The van der Waals surface area contributed by atoms with Crippen LogP contribution in [0.15, 0.2) is 28.1 Å². The summed E-state index contributed by atoms with van der Waals surface area (Å²) in [5.74, 6) is 0. The number of sulfone groups is 1. The average Bonchev–Trinajstić information content (AvgIpc) is 2.52. The summed E-state index contributed by atoms with van der Waals surface area (Å²) in [5.41, 5.74) is -3.77. The van der Waals surface area contributed by atoms with Crippen molar-refractivity contribution < 1.29 is 34.8 Å². The van der Waals surface area contributed by atoms with Gasteiger partial charge in [0.15, 0.2) is 14.7 Å². The van der Waals surface area contributed by atoms with E-state index in [1.54, 1.807) is 0 Å². The third kappa shape index (κ3) is 5.55. The predicted molar refractivity (Wildman–Crippen MR) is 90.3 cm³/mol. The maximum Gasteiger partial charge on any atom is 0.416 e. The zero-order valence-electron chi connectivity index (χ0n) is 14.2. The molecule has 0 amide bonds. The van der Waals surface area contributed by atoms with E-state index in [0.717, 1.165) is 0 Å². The van der Waals surface area contributed by atoms with E-state index >= 15 is 0 Å².